The third-order valence-electron chi connectivity index (χ3n) is 2.53. The molecule has 1 aliphatic heterocycles. The molecule has 0 aromatic heterocycles. The minimum atomic E-state index is 0.881. The van der Waals surface area contributed by atoms with E-state index in [9.17, 15) is 0 Å². The molecule has 1 aliphatic rings. The molecule has 0 aliphatic carbocycles. The Labute approximate surface area is 102 Å². The Bertz CT molecular complexity index is 516. The molecular weight excluding hydrogens is 208 g/mol. The Hall–Kier alpha value is -2.02. The van der Waals surface area contributed by atoms with Crippen molar-refractivity contribution in [3.63, 3.8) is 0 Å². The molecule has 1 aromatic carbocycles. The second-order valence-corrected chi connectivity index (χ2v) is 3.79. The summed E-state index contributed by atoms with van der Waals surface area (Å²) < 4.78 is 5.94. The molecule has 0 saturated carbocycles. The number of rotatable bonds is 2. The van der Waals surface area contributed by atoms with E-state index in [1.807, 2.05) is 50.3 Å². The molecule has 86 valence electrons. The van der Waals surface area contributed by atoms with Gasteiger partial charge in [0.25, 0.3) is 0 Å². The van der Waals surface area contributed by atoms with Crippen LogP contribution in [0.25, 0.3) is 6.08 Å². The second kappa shape index (κ2) is 5.35. The van der Waals surface area contributed by atoms with Gasteiger partial charge in [-0.2, -0.15) is 0 Å². The molecule has 0 amide bonds. The van der Waals surface area contributed by atoms with Crippen molar-refractivity contribution in [2.75, 3.05) is 0 Å². The Morgan fingerprint density at radius 1 is 0.941 bits per heavy atom. The summed E-state index contributed by atoms with van der Waals surface area (Å²) in [5.41, 5.74) is 2.19. The molecule has 0 N–H and O–H groups in total. The number of hydrogen-bond acceptors (Lipinski definition) is 1. The maximum Gasteiger partial charge on any atom is 0.134 e. The first-order valence-electron chi connectivity index (χ1n) is 5.79. The molecule has 1 nitrogen and oxygen atoms in total. The minimum absolute atomic E-state index is 0.881. The lowest BCUT2D eigenvalue weighted by Crippen LogP contribution is -1.95. The van der Waals surface area contributed by atoms with E-state index in [1.165, 1.54) is 0 Å². The van der Waals surface area contributed by atoms with E-state index in [-0.39, 0.29) is 0 Å². The van der Waals surface area contributed by atoms with Crippen LogP contribution in [0.4, 0.5) is 0 Å². The highest BCUT2D eigenvalue weighted by molar-refractivity contribution is 5.64. The lowest BCUT2D eigenvalue weighted by molar-refractivity contribution is 0.441. The first-order chi connectivity index (χ1) is 8.35. The van der Waals surface area contributed by atoms with E-state index < -0.39 is 0 Å². The first-order valence-corrected chi connectivity index (χ1v) is 5.79. The molecule has 1 heteroatoms. The number of fused-ring (bicyclic) bond motifs is 1. The standard InChI is InChI=1S/C16H16O/c1-3-7-13-11-12-14-9-5-6-10-16(14)17-15(13)8-4-2/h3-12H,1-2H3/b7-3-,8-4-. The minimum Gasteiger partial charge on any atom is -0.456 e. The number of para-hydroxylation sites is 1. The molecule has 0 atom stereocenters. The number of ether oxygens (including phenoxy) is 1. The van der Waals surface area contributed by atoms with E-state index in [2.05, 4.69) is 24.3 Å². The average Bonchev–Trinajstić information content (AvgIpc) is 2.51. The summed E-state index contributed by atoms with van der Waals surface area (Å²) in [7, 11) is 0. The molecule has 2 rings (SSSR count). The zero-order valence-corrected chi connectivity index (χ0v) is 10.2. The third kappa shape index (κ3) is 2.56. The summed E-state index contributed by atoms with van der Waals surface area (Å²) in [5, 5.41) is 0. The fraction of sp³-hybridized carbons (Fsp3) is 0.125. The first kappa shape index (κ1) is 11.5. The predicted molar refractivity (Wildman–Crippen MR) is 72.8 cm³/mol. The zero-order chi connectivity index (χ0) is 12.1. The van der Waals surface area contributed by atoms with Crippen LogP contribution in [0, 0.1) is 0 Å². The van der Waals surface area contributed by atoms with Gasteiger partial charge in [-0.3, -0.25) is 0 Å². The summed E-state index contributed by atoms with van der Waals surface area (Å²) in [6, 6.07) is 8.04. The van der Waals surface area contributed by atoms with Crippen molar-refractivity contribution in [1.29, 1.82) is 0 Å². The van der Waals surface area contributed by atoms with Crippen LogP contribution in [0.3, 0.4) is 0 Å². The van der Waals surface area contributed by atoms with Crippen LogP contribution in [0.5, 0.6) is 5.75 Å². The van der Waals surface area contributed by atoms with Crippen LogP contribution in [0.1, 0.15) is 19.4 Å². The van der Waals surface area contributed by atoms with Crippen molar-refractivity contribution < 1.29 is 4.74 Å². The number of hydrogen-bond donors (Lipinski definition) is 0. The van der Waals surface area contributed by atoms with Gasteiger partial charge in [0, 0.05) is 11.1 Å². The quantitative estimate of drug-likeness (QED) is 0.718. The predicted octanol–water partition coefficient (Wildman–Crippen LogP) is 4.50. The van der Waals surface area contributed by atoms with Crippen molar-refractivity contribution in [1.82, 2.24) is 0 Å². The van der Waals surface area contributed by atoms with Crippen LogP contribution in [0.2, 0.25) is 0 Å². The fourth-order valence-electron chi connectivity index (χ4n) is 1.75. The van der Waals surface area contributed by atoms with Gasteiger partial charge in [-0.25, -0.2) is 0 Å². The summed E-state index contributed by atoms with van der Waals surface area (Å²) >= 11 is 0. The molecule has 0 saturated heterocycles. The zero-order valence-electron chi connectivity index (χ0n) is 10.2. The molecule has 0 radical (unpaired) electrons. The maximum atomic E-state index is 5.94. The van der Waals surface area contributed by atoms with Crippen LogP contribution in [-0.2, 0) is 0 Å². The Morgan fingerprint density at radius 3 is 2.47 bits per heavy atom. The Balaban J connectivity index is 2.49. The molecular formula is C16H16O. The average molecular weight is 224 g/mol. The smallest absolute Gasteiger partial charge is 0.134 e. The van der Waals surface area contributed by atoms with Crippen molar-refractivity contribution in [3.8, 4) is 5.75 Å². The van der Waals surface area contributed by atoms with Gasteiger partial charge in [0.2, 0.25) is 0 Å². The van der Waals surface area contributed by atoms with E-state index >= 15 is 0 Å². The topological polar surface area (TPSA) is 9.23 Å². The second-order valence-electron chi connectivity index (χ2n) is 3.79. The van der Waals surface area contributed by atoms with E-state index in [0.717, 1.165) is 22.6 Å². The van der Waals surface area contributed by atoms with Gasteiger partial charge < -0.3 is 4.74 Å². The van der Waals surface area contributed by atoms with E-state index in [1.54, 1.807) is 0 Å². The number of allylic oxidation sites excluding steroid dienone is 6. The van der Waals surface area contributed by atoms with E-state index in [4.69, 9.17) is 4.74 Å². The van der Waals surface area contributed by atoms with Gasteiger partial charge in [-0.15, -0.1) is 0 Å². The SMILES string of the molecule is C/C=C\C1=C(/C=C\C)Oc2ccccc2C=C1. The van der Waals surface area contributed by atoms with Crippen molar-refractivity contribution in [2.24, 2.45) is 0 Å². The highest BCUT2D eigenvalue weighted by atomic mass is 16.5. The van der Waals surface area contributed by atoms with Crippen LogP contribution >= 0.6 is 0 Å². The molecule has 0 fully saturated rings. The number of benzene rings is 1. The van der Waals surface area contributed by atoms with Gasteiger partial charge in [-0.1, -0.05) is 48.6 Å². The third-order valence-corrected chi connectivity index (χ3v) is 2.53. The van der Waals surface area contributed by atoms with E-state index in [0.29, 0.717) is 0 Å². The van der Waals surface area contributed by atoms with Crippen LogP contribution < -0.4 is 4.74 Å². The lowest BCUT2D eigenvalue weighted by atomic mass is 10.1. The van der Waals surface area contributed by atoms with Gasteiger partial charge in [0.1, 0.15) is 11.5 Å². The highest BCUT2D eigenvalue weighted by Gasteiger charge is 2.08. The Morgan fingerprint density at radius 2 is 1.71 bits per heavy atom. The van der Waals surface area contributed by atoms with Crippen molar-refractivity contribution in [3.05, 3.63) is 71.5 Å². The van der Waals surface area contributed by atoms with Crippen molar-refractivity contribution in [2.45, 2.75) is 13.8 Å². The summed E-state index contributed by atoms with van der Waals surface area (Å²) in [4.78, 5) is 0. The van der Waals surface area contributed by atoms with Gasteiger partial charge in [-0.05, 0) is 26.0 Å². The molecule has 0 spiro atoms. The lowest BCUT2D eigenvalue weighted by Gasteiger charge is -2.08. The molecule has 0 bridgehead atoms. The van der Waals surface area contributed by atoms with Gasteiger partial charge in [0.15, 0.2) is 0 Å². The molecule has 1 heterocycles. The normalized spacial score (nSPS) is 15.2. The molecule has 1 aromatic rings. The maximum absolute atomic E-state index is 5.94. The van der Waals surface area contributed by atoms with Crippen molar-refractivity contribution >= 4 is 6.08 Å². The van der Waals surface area contributed by atoms with Crippen LogP contribution in [-0.4, -0.2) is 0 Å². The Kier molecular flexibility index (Phi) is 3.61. The van der Waals surface area contributed by atoms with Gasteiger partial charge >= 0.3 is 0 Å². The summed E-state index contributed by atoms with van der Waals surface area (Å²) in [5.74, 6) is 1.78. The monoisotopic (exact) mass is 224 g/mol. The van der Waals surface area contributed by atoms with Crippen LogP contribution in [0.15, 0.2) is 66.0 Å². The fourth-order valence-corrected chi connectivity index (χ4v) is 1.75. The van der Waals surface area contributed by atoms with Gasteiger partial charge in [0.05, 0.1) is 0 Å². The highest BCUT2D eigenvalue weighted by Crippen LogP contribution is 2.27. The summed E-state index contributed by atoms with van der Waals surface area (Å²) in [6.45, 7) is 4.00. The molecule has 17 heavy (non-hydrogen) atoms. The largest absolute Gasteiger partial charge is 0.456 e. The molecule has 0 unspecified atom stereocenters. The summed E-state index contributed by atoms with van der Waals surface area (Å²) in [6.07, 6.45) is 12.2.